The van der Waals surface area contributed by atoms with Crippen molar-refractivity contribution < 1.29 is 4.79 Å². The second kappa shape index (κ2) is 6.93. The highest BCUT2D eigenvalue weighted by atomic mass is 16.2. The molecule has 1 N–H and O–H groups in total. The Labute approximate surface area is 124 Å². The Morgan fingerprint density at radius 1 is 1.25 bits per heavy atom. The fraction of sp³-hybridized carbons (Fsp3) is 0.941. The van der Waals surface area contributed by atoms with Crippen LogP contribution in [0, 0.1) is 5.41 Å². The zero-order chi connectivity index (χ0) is 14.6. The molecule has 0 aromatic carbocycles. The van der Waals surface area contributed by atoms with Gasteiger partial charge in [0.25, 0.3) is 0 Å². The second-order valence-corrected chi connectivity index (χ2v) is 7.04. The quantitative estimate of drug-likeness (QED) is 0.837. The molecule has 2 fully saturated rings. The minimum Gasteiger partial charge on any atom is -0.338 e. The van der Waals surface area contributed by atoms with Crippen molar-refractivity contribution in [3.8, 4) is 0 Å². The van der Waals surface area contributed by atoms with Crippen LogP contribution < -0.4 is 5.32 Å². The van der Waals surface area contributed by atoms with E-state index in [0.29, 0.717) is 18.0 Å². The lowest BCUT2D eigenvalue weighted by Gasteiger charge is -2.39. The first-order valence-corrected chi connectivity index (χ1v) is 8.63. The Morgan fingerprint density at radius 2 is 1.95 bits per heavy atom. The number of hydrogen-bond acceptors (Lipinski definition) is 2. The van der Waals surface area contributed by atoms with E-state index in [4.69, 9.17) is 0 Å². The van der Waals surface area contributed by atoms with Crippen molar-refractivity contribution in [2.45, 2.75) is 84.2 Å². The summed E-state index contributed by atoms with van der Waals surface area (Å²) in [7, 11) is 0. The Hall–Kier alpha value is -0.570. The largest absolute Gasteiger partial charge is 0.338 e. The molecule has 0 aromatic heterocycles. The molecule has 2 rings (SSSR count). The third-order valence-electron chi connectivity index (χ3n) is 5.40. The smallest absolute Gasteiger partial charge is 0.229 e. The van der Waals surface area contributed by atoms with E-state index >= 15 is 0 Å². The molecule has 1 unspecified atom stereocenters. The fourth-order valence-electron chi connectivity index (χ4n) is 3.92. The van der Waals surface area contributed by atoms with Gasteiger partial charge in [-0.3, -0.25) is 4.79 Å². The predicted molar refractivity (Wildman–Crippen MR) is 83.7 cm³/mol. The summed E-state index contributed by atoms with van der Waals surface area (Å²) >= 11 is 0. The molecule has 1 saturated carbocycles. The van der Waals surface area contributed by atoms with Crippen LogP contribution in [0.25, 0.3) is 0 Å². The number of carbonyl (C=O) groups excluding carboxylic acids is 1. The third kappa shape index (κ3) is 3.36. The van der Waals surface area contributed by atoms with Gasteiger partial charge in [0.15, 0.2) is 0 Å². The predicted octanol–water partition coefficient (Wildman–Crippen LogP) is 3.34. The zero-order valence-electron chi connectivity index (χ0n) is 13.6. The van der Waals surface area contributed by atoms with Crippen molar-refractivity contribution in [3.63, 3.8) is 0 Å². The topological polar surface area (TPSA) is 32.3 Å². The first-order chi connectivity index (χ1) is 9.59. The number of nitrogens with one attached hydrogen (secondary N) is 1. The molecule has 1 atom stereocenters. The maximum atomic E-state index is 13.1. The summed E-state index contributed by atoms with van der Waals surface area (Å²) in [5.74, 6) is 0.430. The Bertz CT molecular complexity index is 315. The average molecular weight is 280 g/mol. The van der Waals surface area contributed by atoms with Crippen LogP contribution in [0.3, 0.4) is 0 Å². The van der Waals surface area contributed by atoms with E-state index in [1.165, 1.54) is 32.1 Å². The van der Waals surface area contributed by atoms with E-state index in [9.17, 15) is 4.79 Å². The maximum absolute atomic E-state index is 13.1. The van der Waals surface area contributed by atoms with E-state index in [-0.39, 0.29) is 5.41 Å². The summed E-state index contributed by atoms with van der Waals surface area (Å²) in [4.78, 5) is 15.3. The normalized spacial score (nSPS) is 25.9. The highest BCUT2D eigenvalue weighted by Crippen LogP contribution is 2.42. The van der Waals surface area contributed by atoms with Crippen molar-refractivity contribution in [2.24, 2.45) is 5.41 Å². The number of rotatable bonds is 5. The summed E-state index contributed by atoms with van der Waals surface area (Å²) in [6.07, 6.45) is 9.47. The monoisotopic (exact) mass is 280 g/mol. The van der Waals surface area contributed by atoms with Gasteiger partial charge in [0.2, 0.25) is 5.91 Å². The van der Waals surface area contributed by atoms with Gasteiger partial charge < -0.3 is 10.2 Å². The molecule has 2 aliphatic rings. The summed E-state index contributed by atoms with van der Waals surface area (Å²) in [6.45, 7) is 8.54. The van der Waals surface area contributed by atoms with Crippen LogP contribution in [0.5, 0.6) is 0 Å². The molecule has 1 amide bonds. The Morgan fingerprint density at radius 3 is 2.45 bits per heavy atom. The number of hydrogen-bond donors (Lipinski definition) is 1. The molecule has 0 aromatic rings. The van der Waals surface area contributed by atoms with Gasteiger partial charge in [-0.25, -0.2) is 0 Å². The van der Waals surface area contributed by atoms with Crippen LogP contribution in [0.1, 0.15) is 72.1 Å². The van der Waals surface area contributed by atoms with Gasteiger partial charge in [-0.05, 0) is 52.5 Å². The van der Waals surface area contributed by atoms with E-state index < -0.39 is 0 Å². The summed E-state index contributed by atoms with van der Waals surface area (Å²) < 4.78 is 0. The number of carbonyl (C=O) groups is 1. The molecular formula is C17H32N2O. The standard InChI is InChI=1S/C17H32N2O/c1-4-17(10-6-7-11-17)16(20)19(14(2)3)13-15-9-5-8-12-18-15/h14-15,18H,4-13H2,1-3H3. The van der Waals surface area contributed by atoms with Crippen LogP contribution >= 0.6 is 0 Å². The molecule has 0 bridgehead atoms. The van der Waals surface area contributed by atoms with Crippen molar-refractivity contribution in [2.75, 3.05) is 13.1 Å². The van der Waals surface area contributed by atoms with E-state index in [1.807, 2.05) is 0 Å². The van der Waals surface area contributed by atoms with Crippen molar-refractivity contribution in [3.05, 3.63) is 0 Å². The molecule has 1 heterocycles. The third-order valence-corrected chi connectivity index (χ3v) is 5.40. The van der Waals surface area contributed by atoms with Gasteiger partial charge in [-0.1, -0.05) is 26.2 Å². The van der Waals surface area contributed by atoms with Gasteiger partial charge in [-0.2, -0.15) is 0 Å². The summed E-state index contributed by atoms with van der Waals surface area (Å²) in [5.41, 5.74) is -0.0427. The molecular weight excluding hydrogens is 248 g/mol. The van der Waals surface area contributed by atoms with E-state index in [0.717, 1.165) is 32.4 Å². The van der Waals surface area contributed by atoms with E-state index in [2.05, 4.69) is 31.0 Å². The fourth-order valence-corrected chi connectivity index (χ4v) is 3.92. The second-order valence-electron chi connectivity index (χ2n) is 7.04. The van der Waals surface area contributed by atoms with Crippen LogP contribution in [0.2, 0.25) is 0 Å². The van der Waals surface area contributed by atoms with Crippen LogP contribution in [0.4, 0.5) is 0 Å². The van der Waals surface area contributed by atoms with Gasteiger partial charge >= 0.3 is 0 Å². The molecule has 20 heavy (non-hydrogen) atoms. The Balaban J connectivity index is 2.04. The van der Waals surface area contributed by atoms with Gasteiger partial charge in [-0.15, -0.1) is 0 Å². The molecule has 116 valence electrons. The summed E-state index contributed by atoms with van der Waals surface area (Å²) in [5, 5.41) is 3.59. The van der Waals surface area contributed by atoms with Crippen molar-refractivity contribution in [1.82, 2.24) is 10.2 Å². The lowest BCUT2D eigenvalue weighted by molar-refractivity contribution is -0.144. The molecule has 1 aliphatic carbocycles. The summed E-state index contributed by atoms with van der Waals surface area (Å²) in [6, 6.07) is 0.820. The lowest BCUT2D eigenvalue weighted by atomic mass is 9.81. The molecule has 0 radical (unpaired) electrons. The number of nitrogens with zero attached hydrogens (tertiary/aromatic N) is 1. The van der Waals surface area contributed by atoms with Crippen LogP contribution in [-0.4, -0.2) is 36.0 Å². The van der Waals surface area contributed by atoms with Gasteiger partial charge in [0.05, 0.1) is 0 Å². The minimum atomic E-state index is -0.0427. The van der Waals surface area contributed by atoms with Crippen LogP contribution in [0.15, 0.2) is 0 Å². The van der Waals surface area contributed by atoms with E-state index in [1.54, 1.807) is 0 Å². The zero-order valence-corrected chi connectivity index (χ0v) is 13.6. The van der Waals surface area contributed by atoms with Crippen LogP contribution in [-0.2, 0) is 4.79 Å². The molecule has 0 spiro atoms. The molecule has 3 nitrogen and oxygen atoms in total. The number of amides is 1. The maximum Gasteiger partial charge on any atom is 0.229 e. The highest BCUT2D eigenvalue weighted by molar-refractivity contribution is 5.83. The van der Waals surface area contributed by atoms with Gasteiger partial charge in [0, 0.05) is 24.0 Å². The lowest BCUT2D eigenvalue weighted by Crippen LogP contribution is -2.52. The van der Waals surface area contributed by atoms with Gasteiger partial charge in [0.1, 0.15) is 0 Å². The molecule has 1 aliphatic heterocycles. The SMILES string of the molecule is CCC1(C(=O)N(CC2CCCCN2)C(C)C)CCCC1. The first kappa shape index (κ1) is 15.8. The molecule has 1 saturated heterocycles. The Kier molecular flexibility index (Phi) is 5.48. The number of piperidine rings is 1. The first-order valence-electron chi connectivity index (χ1n) is 8.63. The van der Waals surface area contributed by atoms with Crippen molar-refractivity contribution >= 4 is 5.91 Å². The van der Waals surface area contributed by atoms with Crippen molar-refractivity contribution in [1.29, 1.82) is 0 Å². The minimum absolute atomic E-state index is 0.0427. The highest BCUT2D eigenvalue weighted by Gasteiger charge is 2.42. The average Bonchev–Trinajstić information content (AvgIpc) is 2.95. The molecule has 3 heteroatoms.